The summed E-state index contributed by atoms with van der Waals surface area (Å²) in [6, 6.07) is 6.10. The third-order valence-electron chi connectivity index (χ3n) is 1.69. The predicted molar refractivity (Wildman–Crippen MR) is 56.2 cm³/mol. The van der Waals surface area contributed by atoms with Crippen molar-refractivity contribution in [1.82, 2.24) is 0 Å². The van der Waals surface area contributed by atoms with Crippen molar-refractivity contribution < 1.29 is 4.52 Å². The Morgan fingerprint density at radius 1 is 1.42 bits per heavy atom. The van der Waals surface area contributed by atoms with Gasteiger partial charge in [-0.25, -0.2) is 0 Å². The molecule has 1 nitrogen and oxygen atoms in total. The zero-order valence-corrected chi connectivity index (χ0v) is 8.53. The summed E-state index contributed by atoms with van der Waals surface area (Å²) in [7, 11) is 2.25. The number of allylic oxidation sites excluding steroid dienone is 1. The van der Waals surface area contributed by atoms with Crippen LogP contribution in [0.5, 0.6) is 5.75 Å². The van der Waals surface area contributed by atoms with Gasteiger partial charge >= 0.3 is 0 Å². The standard InChI is InChI=1S/C10H13OP/c1-3-4-9-5-6-10(11-12)8(2)7-9/h3-7H,12H2,1-2H3. The summed E-state index contributed by atoms with van der Waals surface area (Å²) < 4.78 is 5.07. The minimum absolute atomic E-state index is 0.910. The van der Waals surface area contributed by atoms with Gasteiger partial charge in [0.1, 0.15) is 5.75 Å². The SMILES string of the molecule is CC=Cc1ccc(OP)c(C)c1. The quantitative estimate of drug-likeness (QED) is 0.635. The van der Waals surface area contributed by atoms with Crippen molar-refractivity contribution in [3.8, 4) is 5.75 Å². The van der Waals surface area contributed by atoms with E-state index in [1.807, 2.05) is 32.1 Å². The van der Waals surface area contributed by atoms with E-state index in [0.29, 0.717) is 0 Å². The van der Waals surface area contributed by atoms with Gasteiger partial charge in [0.05, 0.1) is 9.47 Å². The molecule has 12 heavy (non-hydrogen) atoms. The van der Waals surface area contributed by atoms with Crippen molar-refractivity contribution in [2.75, 3.05) is 0 Å². The highest BCUT2D eigenvalue weighted by molar-refractivity contribution is 7.10. The third kappa shape index (κ3) is 2.09. The summed E-state index contributed by atoms with van der Waals surface area (Å²) >= 11 is 0. The molecule has 1 aromatic rings. The normalized spacial score (nSPS) is 10.6. The smallest absolute Gasteiger partial charge is 0.125 e. The van der Waals surface area contributed by atoms with Gasteiger partial charge in [-0.2, -0.15) is 0 Å². The summed E-state index contributed by atoms with van der Waals surface area (Å²) in [6.45, 7) is 4.04. The van der Waals surface area contributed by atoms with E-state index in [2.05, 4.69) is 21.6 Å². The van der Waals surface area contributed by atoms with Crippen LogP contribution in [-0.2, 0) is 0 Å². The molecule has 0 bridgehead atoms. The molecule has 2 heteroatoms. The maximum Gasteiger partial charge on any atom is 0.125 e. The summed E-state index contributed by atoms with van der Waals surface area (Å²) in [5, 5.41) is 0. The van der Waals surface area contributed by atoms with Crippen LogP contribution in [-0.4, -0.2) is 0 Å². The number of rotatable bonds is 2. The van der Waals surface area contributed by atoms with Gasteiger partial charge in [-0.15, -0.1) is 0 Å². The third-order valence-corrected chi connectivity index (χ3v) is 1.94. The molecular weight excluding hydrogens is 167 g/mol. The Hall–Kier alpha value is -0.810. The van der Waals surface area contributed by atoms with E-state index >= 15 is 0 Å². The molecule has 1 atom stereocenters. The Bertz CT molecular complexity index is 292. The van der Waals surface area contributed by atoms with Crippen LogP contribution >= 0.6 is 9.47 Å². The number of hydrogen-bond acceptors (Lipinski definition) is 1. The van der Waals surface area contributed by atoms with Crippen molar-refractivity contribution in [1.29, 1.82) is 0 Å². The van der Waals surface area contributed by atoms with Crippen molar-refractivity contribution in [3.63, 3.8) is 0 Å². The molecular formula is C10H13OP. The average molecular weight is 180 g/mol. The van der Waals surface area contributed by atoms with E-state index in [9.17, 15) is 0 Å². The second-order valence-electron chi connectivity index (χ2n) is 2.64. The molecule has 0 aliphatic carbocycles. The van der Waals surface area contributed by atoms with E-state index in [-0.39, 0.29) is 0 Å². The fourth-order valence-corrected chi connectivity index (χ4v) is 1.37. The Labute approximate surface area is 75.7 Å². The van der Waals surface area contributed by atoms with Gasteiger partial charge < -0.3 is 4.52 Å². The van der Waals surface area contributed by atoms with E-state index in [0.717, 1.165) is 11.3 Å². The molecule has 0 aliphatic heterocycles. The van der Waals surface area contributed by atoms with Crippen molar-refractivity contribution in [2.45, 2.75) is 13.8 Å². The number of aryl methyl sites for hydroxylation is 1. The topological polar surface area (TPSA) is 9.23 Å². The lowest BCUT2D eigenvalue weighted by Crippen LogP contribution is -1.81. The zero-order valence-electron chi connectivity index (χ0n) is 7.37. The molecule has 0 amide bonds. The van der Waals surface area contributed by atoms with E-state index in [1.165, 1.54) is 5.56 Å². The van der Waals surface area contributed by atoms with Gasteiger partial charge in [0, 0.05) is 0 Å². The van der Waals surface area contributed by atoms with E-state index in [4.69, 9.17) is 4.52 Å². The molecule has 0 N–H and O–H groups in total. The van der Waals surface area contributed by atoms with E-state index in [1.54, 1.807) is 0 Å². The molecule has 0 radical (unpaired) electrons. The minimum atomic E-state index is 0.910. The first kappa shape index (κ1) is 9.28. The maximum atomic E-state index is 5.07. The first-order valence-electron chi connectivity index (χ1n) is 3.88. The highest BCUT2D eigenvalue weighted by Crippen LogP contribution is 2.21. The molecule has 1 rings (SSSR count). The van der Waals surface area contributed by atoms with Crippen LogP contribution in [0.25, 0.3) is 6.08 Å². The van der Waals surface area contributed by atoms with Crippen LogP contribution < -0.4 is 4.52 Å². The predicted octanol–water partition coefficient (Wildman–Crippen LogP) is 3.20. The highest BCUT2D eigenvalue weighted by Gasteiger charge is 1.96. The largest absolute Gasteiger partial charge is 0.480 e. The number of hydrogen-bond donors (Lipinski definition) is 0. The minimum Gasteiger partial charge on any atom is -0.480 e. The zero-order chi connectivity index (χ0) is 8.97. The molecule has 0 saturated carbocycles. The van der Waals surface area contributed by atoms with Gasteiger partial charge in [-0.1, -0.05) is 18.2 Å². The Morgan fingerprint density at radius 2 is 2.17 bits per heavy atom. The first-order chi connectivity index (χ1) is 5.77. The van der Waals surface area contributed by atoms with Crippen molar-refractivity contribution >= 4 is 15.5 Å². The van der Waals surface area contributed by atoms with E-state index < -0.39 is 0 Å². The van der Waals surface area contributed by atoms with Crippen LogP contribution in [0.15, 0.2) is 24.3 Å². The van der Waals surface area contributed by atoms with Gasteiger partial charge in [0.2, 0.25) is 0 Å². The molecule has 0 aromatic heterocycles. The molecule has 1 unspecified atom stereocenters. The summed E-state index contributed by atoms with van der Waals surface area (Å²) in [6.07, 6.45) is 4.09. The van der Waals surface area contributed by atoms with Crippen molar-refractivity contribution in [2.24, 2.45) is 0 Å². The lowest BCUT2D eigenvalue weighted by Gasteiger charge is -2.03. The molecule has 64 valence electrons. The molecule has 0 aliphatic rings. The second kappa shape index (κ2) is 4.27. The summed E-state index contributed by atoms with van der Waals surface area (Å²) in [4.78, 5) is 0. The molecule has 0 saturated heterocycles. The highest BCUT2D eigenvalue weighted by atomic mass is 31.0. The van der Waals surface area contributed by atoms with Crippen LogP contribution in [0.1, 0.15) is 18.1 Å². The first-order valence-corrected chi connectivity index (χ1v) is 4.35. The maximum absolute atomic E-state index is 5.07. The average Bonchev–Trinajstić information content (AvgIpc) is 2.05. The molecule has 0 fully saturated rings. The lowest BCUT2D eigenvalue weighted by atomic mass is 10.1. The Morgan fingerprint density at radius 3 is 2.67 bits per heavy atom. The Kier molecular flexibility index (Phi) is 3.31. The molecule has 0 spiro atoms. The van der Waals surface area contributed by atoms with Crippen LogP contribution in [0.3, 0.4) is 0 Å². The van der Waals surface area contributed by atoms with Crippen LogP contribution in [0.2, 0.25) is 0 Å². The monoisotopic (exact) mass is 180 g/mol. The second-order valence-corrected chi connectivity index (χ2v) is 2.88. The van der Waals surface area contributed by atoms with Gasteiger partial charge in [0.15, 0.2) is 0 Å². The fourth-order valence-electron chi connectivity index (χ4n) is 1.10. The lowest BCUT2D eigenvalue weighted by molar-refractivity contribution is 0.640. The van der Waals surface area contributed by atoms with Crippen LogP contribution in [0.4, 0.5) is 0 Å². The Balaban J connectivity index is 3.01. The van der Waals surface area contributed by atoms with Crippen molar-refractivity contribution in [3.05, 3.63) is 35.4 Å². The van der Waals surface area contributed by atoms with Crippen LogP contribution in [0, 0.1) is 6.92 Å². The summed E-state index contributed by atoms with van der Waals surface area (Å²) in [5.74, 6) is 0.910. The van der Waals surface area contributed by atoms with Gasteiger partial charge in [0.25, 0.3) is 0 Å². The molecule has 1 aromatic carbocycles. The fraction of sp³-hybridized carbons (Fsp3) is 0.200. The molecule has 0 heterocycles. The van der Waals surface area contributed by atoms with Gasteiger partial charge in [-0.05, 0) is 37.1 Å². The summed E-state index contributed by atoms with van der Waals surface area (Å²) in [5.41, 5.74) is 2.36. The van der Waals surface area contributed by atoms with Gasteiger partial charge in [-0.3, -0.25) is 0 Å². The number of benzene rings is 1.